The third-order valence-corrected chi connectivity index (χ3v) is 6.53. The lowest BCUT2D eigenvalue weighted by molar-refractivity contribution is 0.0751. The molecule has 0 spiro atoms. The molecule has 2 aromatic rings. The van der Waals surface area contributed by atoms with Gasteiger partial charge < -0.3 is 9.80 Å². The van der Waals surface area contributed by atoms with E-state index in [1.54, 1.807) is 23.5 Å². The van der Waals surface area contributed by atoms with E-state index in [1.165, 1.54) is 22.9 Å². The molecule has 0 bridgehead atoms. The number of halogens is 1. The topological polar surface area (TPSA) is 23.6 Å². The monoisotopic (exact) mass is 358 g/mol. The van der Waals surface area contributed by atoms with E-state index in [-0.39, 0.29) is 11.7 Å². The molecule has 5 heteroatoms. The lowest BCUT2D eigenvalue weighted by Gasteiger charge is -2.36. The van der Waals surface area contributed by atoms with Crippen LogP contribution in [0, 0.1) is 11.7 Å². The second kappa shape index (κ2) is 6.79. The Hall–Kier alpha value is -1.88. The molecule has 1 fully saturated rings. The molecule has 1 amide bonds. The number of fused-ring (bicyclic) bond motifs is 1. The van der Waals surface area contributed by atoms with Crippen LogP contribution in [0.5, 0.6) is 0 Å². The summed E-state index contributed by atoms with van der Waals surface area (Å²) in [6.45, 7) is 4.92. The first-order valence-electron chi connectivity index (χ1n) is 9.02. The Morgan fingerprint density at radius 1 is 1.20 bits per heavy atom. The summed E-state index contributed by atoms with van der Waals surface area (Å²) in [5.74, 6) is 0.664. The zero-order valence-electron chi connectivity index (χ0n) is 14.5. The molecule has 1 aromatic heterocycles. The molecule has 0 N–H and O–H groups in total. The molecule has 0 radical (unpaired) electrons. The van der Waals surface area contributed by atoms with Gasteiger partial charge in [0.15, 0.2) is 0 Å². The van der Waals surface area contributed by atoms with Crippen molar-refractivity contribution in [2.45, 2.75) is 26.2 Å². The van der Waals surface area contributed by atoms with Crippen LogP contribution in [0.4, 0.5) is 10.1 Å². The molecule has 4 rings (SSSR count). The number of piperazine rings is 1. The molecule has 132 valence electrons. The van der Waals surface area contributed by atoms with Gasteiger partial charge in [-0.05, 0) is 48.9 Å². The van der Waals surface area contributed by atoms with Gasteiger partial charge in [-0.25, -0.2) is 4.39 Å². The fourth-order valence-corrected chi connectivity index (χ4v) is 5.00. The zero-order valence-corrected chi connectivity index (χ0v) is 15.3. The Morgan fingerprint density at radius 2 is 1.96 bits per heavy atom. The van der Waals surface area contributed by atoms with Gasteiger partial charge in [0.25, 0.3) is 5.91 Å². The largest absolute Gasteiger partial charge is 0.366 e. The van der Waals surface area contributed by atoms with E-state index in [0.29, 0.717) is 31.9 Å². The van der Waals surface area contributed by atoms with E-state index in [1.807, 2.05) is 15.9 Å². The SMILES string of the molecule is CC1CCc2sc(C(=O)N3CCN(c4ccccc4F)CC3)cc2C1. The summed E-state index contributed by atoms with van der Waals surface area (Å²) >= 11 is 1.67. The maximum absolute atomic E-state index is 13.9. The lowest BCUT2D eigenvalue weighted by atomic mass is 9.90. The highest BCUT2D eigenvalue weighted by Crippen LogP contribution is 2.33. The third-order valence-electron chi connectivity index (χ3n) is 5.30. The average Bonchev–Trinajstić information content (AvgIpc) is 3.05. The standard InChI is InChI=1S/C20H23FN2OS/c1-14-6-7-18-15(12-14)13-19(25-18)20(24)23-10-8-22(9-11-23)17-5-3-2-4-16(17)21/h2-5,13-14H,6-12H2,1H3. The van der Waals surface area contributed by atoms with Gasteiger partial charge in [0.05, 0.1) is 10.6 Å². The van der Waals surface area contributed by atoms with Crippen LogP contribution in [0.25, 0.3) is 0 Å². The van der Waals surface area contributed by atoms with Gasteiger partial charge >= 0.3 is 0 Å². The summed E-state index contributed by atoms with van der Waals surface area (Å²) in [5.41, 5.74) is 2.01. The average molecular weight is 358 g/mol. The van der Waals surface area contributed by atoms with Gasteiger partial charge in [0.1, 0.15) is 5.82 Å². The van der Waals surface area contributed by atoms with Gasteiger partial charge in [-0.15, -0.1) is 11.3 Å². The number of para-hydroxylation sites is 1. The molecule has 1 aliphatic carbocycles. The third kappa shape index (κ3) is 3.30. The molecule has 1 unspecified atom stereocenters. The molecule has 0 saturated carbocycles. The Kier molecular flexibility index (Phi) is 4.50. The van der Waals surface area contributed by atoms with Crippen LogP contribution >= 0.6 is 11.3 Å². The van der Waals surface area contributed by atoms with Crippen molar-refractivity contribution in [1.29, 1.82) is 0 Å². The number of thiophene rings is 1. The smallest absolute Gasteiger partial charge is 0.264 e. The molecule has 3 nitrogen and oxygen atoms in total. The van der Waals surface area contributed by atoms with E-state index in [2.05, 4.69) is 13.0 Å². The first-order valence-corrected chi connectivity index (χ1v) is 9.84. The van der Waals surface area contributed by atoms with Crippen LogP contribution in [-0.2, 0) is 12.8 Å². The fraction of sp³-hybridized carbons (Fsp3) is 0.450. The summed E-state index contributed by atoms with van der Waals surface area (Å²) in [6.07, 6.45) is 3.43. The number of benzene rings is 1. The quantitative estimate of drug-likeness (QED) is 0.811. The first kappa shape index (κ1) is 16.6. The highest BCUT2D eigenvalue weighted by atomic mass is 32.1. The molecular formula is C20H23FN2OS. The molecule has 1 aliphatic heterocycles. The van der Waals surface area contributed by atoms with Crippen LogP contribution in [0.2, 0.25) is 0 Å². The van der Waals surface area contributed by atoms with Crippen molar-refractivity contribution in [3.05, 3.63) is 51.5 Å². The number of aryl methyl sites for hydroxylation is 1. The van der Waals surface area contributed by atoms with Gasteiger partial charge in [-0.2, -0.15) is 0 Å². The highest BCUT2D eigenvalue weighted by Gasteiger charge is 2.26. The molecule has 2 aliphatic rings. The second-order valence-electron chi connectivity index (χ2n) is 7.14. The van der Waals surface area contributed by atoms with Gasteiger partial charge in [-0.1, -0.05) is 19.1 Å². The number of hydrogen-bond donors (Lipinski definition) is 0. The van der Waals surface area contributed by atoms with Crippen molar-refractivity contribution >= 4 is 22.9 Å². The second-order valence-corrected chi connectivity index (χ2v) is 8.27. The van der Waals surface area contributed by atoms with Crippen molar-refractivity contribution in [2.24, 2.45) is 5.92 Å². The number of amides is 1. The summed E-state index contributed by atoms with van der Waals surface area (Å²) in [7, 11) is 0. The summed E-state index contributed by atoms with van der Waals surface area (Å²) in [5, 5.41) is 0. The van der Waals surface area contributed by atoms with Gasteiger partial charge in [0.2, 0.25) is 0 Å². The Balaban J connectivity index is 1.43. The highest BCUT2D eigenvalue weighted by molar-refractivity contribution is 7.14. The Labute approximate surface area is 152 Å². The Morgan fingerprint density at radius 3 is 2.72 bits per heavy atom. The van der Waals surface area contributed by atoms with Gasteiger partial charge in [-0.3, -0.25) is 4.79 Å². The minimum absolute atomic E-state index is 0.139. The maximum atomic E-state index is 13.9. The molecule has 1 aromatic carbocycles. The molecule has 25 heavy (non-hydrogen) atoms. The van der Waals surface area contributed by atoms with E-state index in [0.717, 1.165) is 23.6 Å². The number of anilines is 1. The van der Waals surface area contributed by atoms with Crippen molar-refractivity contribution in [2.75, 3.05) is 31.1 Å². The van der Waals surface area contributed by atoms with E-state index in [4.69, 9.17) is 0 Å². The maximum Gasteiger partial charge on any atom is 0.264 e. The number of rotatable bonds is 2. The van der Waals surface area contributed by atoms with Crippen LogP contribution in [0.1, 0.15) is 33.5 Å². The minimum Gasteiger partial charge on any atom is -0.366 e. The molecule has 1 saturated heterocycles. The van der Waals surface area contributed by atoms with Crippen LogP contribution in [0.3, 0.4) is 0 Å². The number of carbonyl (C=O) groups excluding carboxylic acids is 1. The predicted molar refractivity (Wildman–Crippen MR) is 100 cm³/mol. The number of hydrogen-bond acceptors (Lipinski definition) is 3. The summed E-state index contributed by atoms with van der Waals surface area (Å²) in [6, 6.07) is 8.97. The van der Waals surface area contributed by atoms with Gasteiger partial charge in [0, 0.05) is 31.1 Å². The van der Waals surface area contributed by atoms with Crippen LogP contribution in [0.15, 0.2) is 30.3 Å². The van der Waals surface area contributed by atoms with Crippen LogP contribution < -0.4 is 4.90 Å². The van der Waals surface area contributed by atoms with E-state index >= 15 is 0 Å². The van der Waals surface area contributed by atoms with Crippen molar-refractivity contribution < 1.29 is 9.18 Å². The normalized spacial score (nSPS) is 20.5. The minimum atomic E-state index is -0.192. The first-order chi connectivity index (χ1) is 12.1. The van der Waals surface area contributed by atoms with Crippen LogP contribution in [-0.4, -0.2) is 37.0 Å². The predicted octanol–water partition coefficient (Wildman–Crippen LogP) is 3.97. The van der Waals surface area contributed by atoms with Crippen molar-refractivity contribution in [3.63, 3.8) is 0 Å². The molecule has 1 atom stereocenters. The zero-order chi connectivity index (χ0) is 17.4. The Bertz CT molecular complexity index is 780. The number of carbonyl (C=O) groups is 1. The van der Waals surface area contributed by atoms with Crippen molar-refractivity contribution in [3.8, 4) is 0 Å². The van der Waals surface area contributed by atoms with E-state index < -0.39 is 0 Å². The molecular weight excluding hydrogens is 335 g/mol. The summed E-state index contributed by atoms with van der Waals surface area (Å²) in [4.78, 5) is 19.1. The fourth-order valence-electron chi connectivity index (χ4n) is 3.83. The van der Waals surface area contributed by atoms with E-state index in [9.17, 15) is 9.18 Å². The lowest BCUT2D eigenvalue weighted by Crippen LogP contribution is -2.48. The number of nitrogens with zero attached hydrogens (tertiary/aromatic N) is 2. The van der Waals surface area contributed by atoms with Crippen molar-refractivity contribution in [1.82, 2.24) is 4.90 Å². The summed E-state index contributed by atoms with van der Waals surface area (Å²) < 4.78 is 13.9. The molecule has 2 heterocycles.